The Morgan fingerprint density at radius 2 is 2.11 bits per heavy atom. The Bertz CT molecular complexity index is 417. The van der Waals surface area contributed by atoms with Crippen LogP contribution in [0.2, 0.25) is 0 Å². The minimum Gasteiger partial charge on any atom is -0.385 e. The molecule has 0 saturated carbocycles. The molecular formula is C16H26N2O. The van der Waals surface area contributed by atoms with Gasteiger partial charge in [-0.3, -0.25) is 0 Å². The maximum atomic E-state index is 5.23. The van der Waals surface area contributed by atoms with Gasteiger partial charge in [-0.15, -0.1) is 0 Å². The highest BCUT2D eigenvalue weighted by Gasteiger charge is 2.28. The molecule has 3 nitrogen and oxygen atoms in total. The number of hydrogen-bond acceptors (Lipinski definition) is 3. The highest BCUT2D eigenvalue weighted by atomic mass is 16.5. The number of hydrogen-bond donors (Lipinski definition) is 1. The first kappa shape index (κ1) is 14.4. The molecule has 106 valence electrons. The smallest absolute Gasteiger partial charge is 0.0481 e. The zero-order chi connectivity index (χ0) is 13.9. The van der Waals surface area contributed by atoms with E-state index >= 15 is 0 Å². The lowest BCUT2D eigenvalue weighted by Gasteiger charge is -2.36. The quantitative estimate of drug-likeness (QED) is 0.903. The minimum absolute atomic E-state index is 0.125. The van der Waals surface area contributed by atoms with Gasteiger partial charge in [0.25, 0.3) is 0 Å². The van der Waals surface area contributed by atoms with Crippen LogP contribution in [0.1, 0.15) is 32.8 Å². The molecule has 1 aromatic carbocycles. The molecule has 3 heteroatoms. The second kappa shape index (κ2) is 5.93. The van der Waals surface area contributed by atoms with Crippen LogP contribution in [0.4, 0.5) is 5.69 Å². The van der Waals surface area contributed by atoms with Gasteiger partial charge in [0, 0.05) is 44.1 Å². The summed E-state index contributed by atoms with van der Waals surface area (Å²) in [4.78, 5) is 2.52. The first-order valence-electron chi connectivity index (χ1n) is 7.12. The van der Waals surface area contributed by atoms with Crippen molar-refractivity contribution >= 4 is 5.69 Å². The topological polar surface area (TPSA) is 24.5 Å². The van der Waals surface area contributed by atoms with Gasteiger partial charge in [-0.05, 0) is 38.8 Å². The molecule has 0 spiro atoms. The summed E-state index contributed by atoms with van der Waals surface area (Å²) in [6, 6.07) is 9.20. The van der Waals surface area contributed by atoms with Gasteiger partial charge in [0.1, 0.15) is 0 Å². The van der Waals surface area contributed by atoms with Crippen LogP contribution in [0.25, 0.3) is 0 Å². The number of rotatable bonds is 4. The summed E-state index contributed by atoms with van der Waals surface area (Å²) in [6.07, 6.45) is 1.06. The van der Waals surface area contributed by atoms with Crippen LogP contribution in [0, 0.1) is 0 Å². The first-order valence-corrected chi connectivity index (χ1v) is 7.12. The number of para-hydroxylation sites is 1. The average molecular weight is 262 g/mol. The average Bonchev–Trinajstić information content (AvgIpc) is 2.53. The van der Waals surface area contributed by atoms with E-state index < -0.39 is 0 Å². The van der Waals surface area contributed by atoms with Gasteiger partial charge < -0.3 is 15.0 Å². The van der Waals surface area contributed by atoms with E-state index in [-0.39, 0.29) is 5.54 Å². The molecule has 0 aromatic heterocycles. The number of ether oxygens (including phenoxy) is 1. The first-order chi connectivity index (χ1) is 9.03. The van der Waals surface area contributed by atoms with Gasteiger partial charge in [0.2, 0.25) is 0 Å². The third kappa shape index (κ3) is 3.48. The van der Waals surface area contributed by atoms with E-state index in [1.54, 1.807) is 7.11 Å². The monoisotopic (exact) mass is 262 g/mol. The molecule has 2 rings (SSSR count). The van der Waals surface area contributed by atoms with E-state index in [4.69, 9.17) is 4.74 Å². The fraction of sp³-hybridized carbons (Fsp3) is 0.625. The molecule has 0 radical (unpaired) electrons. The molecule has 1 aliphatic heterocycles. The molecule has 0 fully saturated rings. The third-order valence-electron chi connectivity index (χ3n) is 3.90. The Hall–Kier alpha value is -1.06. The summed E-state index contributed by atoms with van der Waals surface area (Å²) >= 11 is 0. The summed E-state index contributed by atoms with van der Waals surface area (Å²) in [5.74, 6) is 0. The summed E-state index contributed by atoms with van der Waals surface area (Å²) < 4.78 is 5.23. The van der Waals surface area contributed by atoms with Crippen molar-refractivity contribution in [3.8, 4) is 0 Å². The van der Waals surface area contributed by atoms with Gasteiger partial charge in [0.05, 0.1) is 0 Å². The summed E-state index contributed by atoms with van der Waals surface area (Å²) in [7, 11) is 1.77. The van der Waals surface area contributed by atoms with E-state index in [0.29, 0.717) is 6.04 Å². The molecule has 1 aliphatic rings. The van der Waals surface area contributed by atoms with Crippen molar-refractivity contribution in [1.29, 1.82) is 0 Å². The van der Waals surface area contributed by atoms with Crippen molar-refractivity contribution < 1.29 is 4.74 Å². The summed E-state index contributed by atoms with van der Waals surface area (Å²) in [5.41, 5.74) is 2.88. The maximum absolute atomic E-state index is 5.23. The molecule has 1 N–H and O–H groups in total. The zero-order valence-corrected chi connectivity index (χ0v) is 12.6. The van der Waals surface area contributed by atoms with E-state index in [0.717, 1.165) is 26.1 Å². The molecule has 0 aliphatic carbocycles. The molecule has 1 heterocycles. The van der Waals surface area contributed by atoms with Crippen LogP contribution in [0.3, 0.4) is 0 Å². The number of benzene rings is 1. The van der Waals surface area contributed by atoms with Crippen molar-refractivity contribution in [3.05, 3.63) is 29.8 Å². The SMILES string of the molecule is COCCC(C)N1CC(C)(C)NCc2ccccc21. The van der Waals surface area contributed by atoms with Crippen LogP contribution in [0.15, 0.2) is 24.3 Å². The third-order valence-corrected chi connectivity index (χ3v) is 3.90. The molecule has 1 unspecified atom stereocenters. The van der Waals surface area contributed by atoms with E-state index in [9.17, 15) is 0 Å². The number of nitrogens with one attached hydrogen (secondary N) is 1. The Labute approximate surface area is 116 Å². The molecule has 0 bridgehead atoms. The van der Waals surface area contributed by atoms with Crippen LogP contribution in [-0.4, -0.2) is 31.8 Å². The molecule has 0 saturated heterocycles. The largest absolute Gasteiger partial charge is 0.385 e. The van der Waals surface area contributed by atoms with Gasteiger partial charge >= 0.3 is 0 Å². The number of methoxy groups -OCH3 is 1. The Kier molecular flexibility index (Phi) is 4.48. The summed E-state index contributed by atoms with van der Waals surface area (Å²) in [5, 5.41) is 3.65. The predicted octanol–water partition coefficient (Wildman–Crippen LogP) is 2.80. The zero-order valence-electron chi connectivity index (χ0n) is 12.6. The fourth-order valence-corrected chi connectivity index (χ4v) is 2.68. The lowest BCUT2D eigenvalue weighted by atomic mass is 10.0. The molecular weight excluding hydrogens is 236 g/mol. The van der Waals surface area contributed by atoms with E-state index in [1.165, 1.54) is 11.3 Å². The van der Waals surface area contributed by atoms with Crippen molar-refractivity contribution in [2.75, 3.05) is 25.2 Å². The van der Waals surface area contributed by atoms with Crippen molar-refractivity contribution in [3.63, 3.8) is 0 Å². The molecule has 0 amide bonds. The van der Waals surface area contributed by atoms with E-state index in [2.05, 4.69) is 55.3 Å². The maximum Gasteiger partial charge on any atom is 0.0481 e. The number of nitrogens with zero attached hydrogens (tertiary/aromatic N) is 1. The number of fused-ring (bicyclic) bond motifs is 1. The Morgan fingerprint density at radius 3 is 2.84 bits per heavy atom. The van der Waals surface area contributed by atoms with Crippen LogP contribution < -0.4 is 10.2 Å². The molecule has 19 heavy (non-hydrogen) atoms. The van der Waals surface area contributed by atoms with Crippen LogP contribution >= 0.6 is 0 Å². The van der Waals surface area contributed by atoms with E-state index in [1.807, 2.05) is 0 Å². The fourth-order valence-electron chi connectivity index (χ4n) is 2.68. The van der Waals surface area contributed by atoms with Gasteiger partial charge in [-0.1, -0.05) is 18.2 Å². The molecule has 1 aromatic rings. The lowest BCUT2D eigenvalue weighted by Crippen LogP contribution is -2.49. The van der Waals surface area contributed by atoms with Crippen LogP contribution in [0.5, 0.6) is 0 Å². The van der Waals surface area contributed by atoms with Gasteiger partial charge in [0.15, 0.2) is 0 Å². The Balaban J connectivity index is 2.27. The number of anilines is 1. The second-order valence-corrected chi connectivity index (χ2v) is 6.12. The van der Waals surface area contributed by atoms with Crippen molar-refractivity contribution in [2.24, 2.45) is 0 Å². The second-order valence-electron chi connectivity index (χ2n) is 6.12. The van der Waals surface area contributed by atoms with Gasteiger partial charge in [-0.25, -0.2) is 0 Å². The predicted molar refractivity (Wildman–Crippen MR) is 80.7 cm³/mol. The minimum atomic E-state index is 0.125. The van der Waals surface area contributed by atoms with Crippen molar-refractivity contribution in [1.82, 2.24) is 5.32 Å². The van der Waals surface area contributed by atoms with Gasteiger partial charge in [-0.2, -0.15) is 0 Å². The standard InChI is InChI=1S/C16H26N2O/c1-13(9-10-19-4)18-12-16(2,3)17-11-14-7-5-6-8-15(14)18/h5-8,13,17H,9-12H2,1-4H3. The normalized spacial score (nSPS) is 19.7. The highest BCUT2D eigenvalue weighted by molar-refractivity contribution is 5.55. The van der Waals surface area contributed by atoms with Crippen molar-refractivity contribution in [2.45, 2.75) is 45.3 Å². The summed E-state index contributed by atoms with van der Waals surface area (Å²) in [6.45, 7) is 9.61. The van der Waals surface area contributed by atoms with Crippen LogP contribution in [-0.2, 0) is 11.3 Å². The highest BCUT2D eigenvalue weighted by Crippen LogP contribution is 2.28. The lowest BCUT2D eigenvalue weighted by molar-refractivity contribution is 0.187. The Morgan fingerprint density at radius 1 is 1.37 bits per heavy atom. The molecule has 1 atom stereocenters.